The predicted molar refractivity (Wildman–Crippen MR) is 60.0 cm³/mol. The van der Waals surface area contributed by atoms with Crippen LogP contribution in [0.1, 0.15) is 0 Å². The summed E-state index contributed by atoms with van der Waals surface area (Å²) < 4.78 is 18.2. The van der Waals surface area contributed by atoms with Crippen molar-refractivity contribution in [2.45, 2.75) is 6.04 Å². The van der Waals surface area contributed by atoms with E-state index in [0.717, 1.165) is 0 Å². The molecule has 0 aliphatic carbocycles. The highest BCUT2D eigenvalue weighted by molar-refractivity contribution is 5.81. The van der Waals surface area contributed by atoms with Crippen LogP contribution in [0.3, 0.4) is 0 Å². The summed E-state index contributed by atoms with van der Waals surface area (Å²) in [4.78, 5) is 11.1. The average molecular weight is 242 g/mol. The molecule has 1 aromatic carbocycles. The molecule has 1 atom stereocenters. The van der Waals surface area contributed by atoms with Gasteiger partial charge in [0.25, 0.3) is 0 Å². The van der Waals surface area contributed by atoms with Crippen LogP contribution in [0.5, 0.6) is 5.75 Å². The van der Waals surface area contributed by atoms with E-state index in [1.54, 1.807) is 12.1 Å². The fraction of sp³-hybridized carbons (Fsp3) is 0.364. The Bertz CT molecular complexity index is 373. The van der Waals surface area contributed by atoms with Crippen molar-refractivity contribution >= 4 is 5.91 Å². The number of benzene rings is 1. The maximum atomic E-state index is 13.1. The van der Waals surface area contributed by atoms with E-state index in [1.807, 2.05) is 0 Å². The van der Waals surface area contributed by atoms with E-state index >= 15 is 0 Å². The van der Waals surface area contributed by atoms with Gasteiger partial charge in [-0.2, -0.15) is 0 Å². The Morgan fingerprint density at radius 3 is 2.88 bits per heavy atom. The number of para-hydroxylation sites is 1. The monoisotopic (exact) mass is 242 g/mol. The summed E-state index contributed by atoms with van der Waals surface area (Å²) >= 11 is 0. The highest BCUT2D eigenvalue weighted by Gasteiger charge is 2.10. The molecule has 1 amide bonds. The third-order valence-electron chi connectivity index (χ3n) is 2.03. The van der Waals surface area contributed by atoms with E-state index in [9.17, 15) is 9.18 Å². The van der Waals surface area contributed by atoms with Crippen molar-refractivity contribution < 1.29 is 19.0 Å². The van der Waals surface area contributed by atoms with Crippen molar-refractivity contribution in [3.8, 4) is 5.75 Å². The zero-order chi connectivity index (χ0) is 12.7. The van der Waals surface area contributed by atoms with E-state index < -0.39 is 24.4 Å². The number of nitrogens with two attached hydrogens (primary N) is 1. The van der Waals surface area contributed by atoms with Crippen LogP contribution in [-0.4, -0.2) is 36.8 Å². The number of carbonyl (C=O) groups excluding carboxylic acids is 1. The normalized spacial score (nSPS) is 11.9. The number of halogens is 1. The van der Waals surface area contributed by atoms with E-state index in [4.69, 9.17) is 15.6 Å². The van der Waals surface area contributed by atoms with Crippen LogP contribution in [0, 0.1) is 5.82 Å². The van der Waals surface area contributed by atoms with Gasteiger partial charge in [0.2, 0.25) is 5.91 Å². The van der Waals surface area contributed by atoms with Crippen molar-refractivity contribution in [2.24, 2.45) is 5.73 Å². The smallest absolute Gasteiger partial charge is 0.239 e. The van der Waals surface area contributed by atoms with Crippen LogP contribution in [-0.2, 0) is 4.79 Å². The van der Waals surface area contributed by atoms with Crippen LogP contribution in [0.25, 0.3) is 0 Å². The molecule has 0 aromatic heterocycles. The Hall–Kier alpha value is -1.66. The van der Waals surface area contributed by atoms with Crippen molar-refractivity contribution in [2.75, 3.05) is 19.8 Å². The molecule has 5 nitrogen and oxygen atoms in total. The van der Waals surface area contributed by atoms with Gasteiger partial charge in [0, 0.05) is 0 Å². The van der Waals surface area contributed by atoms with Crippen LogP contribution >= 0.6 is 0 Å². The van der Waals surface area contributed by atoms with Gasteiger partial charge in [-0.3, -0.25) is 4.79 Å². The fourth-order valence-electron chi connectivity index (χ4n) is 1.11. The summed E-state index contributed by atoms with van der Waals surface area (Å²) in [6.45, 7) is -0.0916. The first-order chi connectivity index (χ1) is 8.15. The third-order valence-corrected chi connectivity index (χ3v) is 2.03. The van der Waals surface area contributed by atoms with Gasteiger partial charge in [-0.05, 0) is 12.1 Å². The van der Waals surface area contributed by atoms with Gasteiger partial charge in [0.1, 0.15) is 12.6 Å². The third kappa shape index (κ3) is 4.38. The zero-order valence-electron chi connectivity index (χ0n) is 9.23. The summed E-state index contributed by atoms with van der Waals surface area (Å²) in [5, 5.41) is 11.1. The van der Waals surface area contributed by atoms with Gasteiger partial charge in [-0.15, -0.1) is 0 Å². The Morgan fingerprint density at radius 1 is 1.53 bits per heavy atom. The van der Waals surface area contributed by atoms with Gasteiger partial charge in [0.15, 0.2) is 11.6 Å². The predicted octanol–water partition coefficient (Wildman–Crippen LogP) is -0.360. The Balaban J connectivity index is 2.25. The molecule has 0 saturated carbocycles. The largest absolute Gasteiger partial charge is 0.489 e. The molecule has 0 aliphatic heterocycles. The molecular weight excluding hydrogens is 227 g/mol. The molecule has 0 aliphatic rings. The van der Waals surface area contributed by atoms with Crippen molar-refractivity contribution in [1.29, 1.82) is 0 Å². The Labute approximate surface area is 98.4 Å². The number of nitrogens with one attached hydrogen (secondary N) is 1. The van der Waals surface area contributed by atoms with Gasteiger partial charge in [-0.25, -0.2) is 4.39 Å². The van der Waals surface area contributed by atoms with Gasteiger partial charge in [0.05, 0.1) is 13.2 Å². The van der Waals surface area contributed by atoms with E-state index in [2.05, 4.69) is 5.32 Å². The molecule has 0 fully saturated rings. The molecule has 1 aromatic rings. The molecule has 0 saturated heterocycles. The van der Waals surface area contributed by atoms with Crippen molar-refractivity contribution in [1.82, 2.24) is 5.32 Å². The van der Waals surface area contributed by atoms with Crippen LogP contribution < -0.4 is 15.8 Å². The van der Waals surface area contributed by atoms with Crippen molar-refractivity contribution in [3.63, 3.8) is 0 Å². The summed E-state index contributed by atoms with van der Waals surface area (Å²) in [5.41, 5.74) is 5.27. The standard InChI is InChI=1S/C11H15FN2O3/c12-8-3-1-2-4-10(8)17-6-5-14-11(16)9(13)7-15/h1-4,9,15H,5-7,13H2,(H,14,16). The maximum Gasteiger partial charge on any atom is 0.239 e. The van der Waals surface area contributed by atoms with Gasteiger partial charge >= 0.3 is 0 Å². The van der Waals surface area contributed by atoms with Crippen LogP contribution in [0.2, 0.25) is 0 Å². The first-order valence-electron chi connectivity index (χ1n) is 5.16. The topological polar surface area (TPSA) is 84.6 Å². The number of ether oxygens (including phenoxy) is 1. The van der Waals surface area contributed by atoms with Crippen molar-refractivity contribution in [3.05, 3.63) is 30.1 Å². The molecule has 17 heavy (non-hydrogen) atoms. The first-order valence-corrected chi connectivity index (χ1v) is 5.16. The minimum atomic E-state index is -0.941. The van der Waals surface area contributed by atoms with E-state index in [1.165, 1.54) is 12.1 Å². The van der Waals surface area contributed by atoms with Crippen LogP contribution in [0.15, 0.2) is 24.3 Å². The molecule has 1 unspecified atom stereocenters. The van der Waals surface area contributed by atoms with Gasteiger partial charge < -0.3 is 20.9 Å². The molecule has 0 heterocycles. The number of carbonyl (C=O) groups is 1. The van der Waals surface area contributed by atoms with E-state index in [-0.39, 0.29) is 18.9 Å². The number of aliphatic hydroxyl groups is 1. The zero-order valence-corrected chi connectivity index (χ0v) is 9.23. The highest BCUT2D eigenvalue weighted by atomic mass is 19.1. The molecule has 94 valence electrons. The highest BCUT2D eigenvalue weighted by Crippen LogP contribution is 2.14. The Kier molecular flexibility index (Phi) is 5.38. The van der Waals surface area contributed by atoms with E-state index in [0.29, 0.717) is 0 Å². The van der Waals surface area contributed by atoms with Crippen LogP contribution in [0.4, 0.5) is 4.39 Å². The molecule has 4 N–H and O–H groups in total. The lowest BCUT2D eigenvalue weighted by atomic mass is 10.3. The minimum absolute atomic E-state index is 0.130. The number of rotatable bonds is 6. The molecule has 1 rings (SSSR count). The summed E-state index contributed by atoms with van der Waals surface area (Å²) in [5.74, 6) is -0.788. The quantitative estimate of drug-likeness (QED) is 0.595. The lowest BCUT2D eigenvalue weighted by Crippen LogP contribution is -2.44. The van der Waals surface area contributed by atoms with Gasteiger partial charge in [-0.1, -0.05) is 12.1 Å². The maximum absolute atomic E-state index is 13.1. The lowest BCUT2D eigenvalue weighted by molar-refractivity contribution is -0.123. The summed E-state index contributed by atoms with van der Waals surface area (Å²) in [7, 11) is 0. The Morgan fingerprint density at radius 2 is 2.24 bits per heavy atom. The lowest BCUT2D eigenvalue weighted by Gasteiger charge is -2.10. The minimum Gasteiger partial charge on any atom is -0.489 e. The molecule has 6 heteroatoms. The number of hydrogen-bond acceptors (Lipinski definition) is 4. The average Bonchev–Trinajstić information content (AvgIpc) is 2.35. The number of hydrogen-bond donors (Lipinski definition) is 3. The molecular formula is C11H15FN2O3. The summed E-state index contributed by atoms with van der Waals surface area (Å²) in [6.07, 6.45) is 0. The second kappa shape index (κ2) is 6.82. The fourth-order valence-corrected chi connectivity index (χ4v) is 1.11. The molecule has 0 radical (unpaired) electrons. The SMILES string of the molecule is NC(CO)C(=O)NCCOc1ccccc1F. The number of amides is 1. The number of aliphatic hydroxyl groups excluding tert-OH is 1. The first kappa shape index (κ1) is 13.4. The summed E-state index contributed by atoms with van der Waals surface area (Å²) in [6, 6.07) is 5.05. The second-order valence-electron chi connectivity index (χ2n) is 3.36. The molecule has 0 bridgehead atoms. The molecule has 0 spiro atoms. The second-order valence-corrected chi connectivity index (χ2v) is 3.36.